The van der Waals surface area contributed by atoms with Gasteiger partial charge in [0.2, 0.25) is 11.8 Å². The number of amides is 2. The number of nitrogens with one attached hydrogen (secondary N) is 1. The molecule has 1 aromatic rings. The van der Waals surface area contributed by atoms with Crippen LogP contribution in [-0.2, 0) is 9.59 Å². The number of aryl methyl sites for hydroxylation is 1. The van der Waals surface area contributed by atoms with Gasteiger partial charge in [-0.15, -0.1) is 0 Å². The summed E-state index contributed by atoms with van der Waals surface area (Å²) in [6, 6.07) is 7.64. The van der Waals surface area contributed by atoms with E-state index < -0.39 is 0 Å². The van der Waals surface area contributed by atoms with Crippen LogP contribution < -0.4 is 5.32 Å². The van der Waals surface area contributed by atoms with Gasteiger partial charge >= 0.3 is 0 Å². The van der Waals surface area contributed by atoms with Gasteiger partial charge in [0.1, 0.15) is 0 Å². The molecule has 0 aromatic heterocycles. The molecule has 1 N–H and O–H groups in total. The number of carbonyl (C=O) groups excluding carboxylic acids is 2. The highest BCUT2D eigenvalue weighted by molar-refractivity contribution is 5.79. The molecule has 0 heterocycles. The number of rotatable bonds is 6. The number of hydrogen-bond acceptors (Lipinski definition) is 2. The highest BCUT2D eigenvalue weighted by Gasteiger charge is 2.19. The van der Waals surface area contributed by atoms with Crippen molar-refractivity contribution < 1.29 is 9.59 Å². The fourth-order valence-electron chi connectivity index (χ4n) is 2.28. The van der Waals surface area contributed by atoms with Crippen molar-refractivity contribution in [1.82, 2.24) is 10.2 Å². The largest absolute Gasteiger partial charge is 0.349 e. The monoisotopic (exact) mass is 290 g/mol. The van der Waals surface area contributed by atoms with Gasteiger partial charge < -0.3 is 10.2 Å². The molecule has 4 nitrogen and oxygen atoms in total. The van der Waals surface area contributed by atoms with E-state index in [0.717, 1.165) is 17.7 Å². The lowest BCUT2D eigenvalue weighted by Gasteiger charge is -2.24. The van der Waals surface area contributed by atoms with Gasteiger partial charge in [0.05, 0.1) is 12.5 Å². The zero-order valence-corrected chi connectivity index (χ0v) is 13.6. The maximum Gasteiger partial charge on any atom is 0.224 e. The van der Waals surface area contributed by atoms with Crippen LogP contribution in [0.2, 0.25) is 0 Å². The van der Waals surface area contributed by atoms with E-state index in [1.165, 1.54) is 6.92 Å². The van der Waals surface area contributed by atoms with E-state index >= 15 is 0 Å². The summed E-state index contributed by atoms with van der Waals surface area (Å²) in [6.45, 7) is 8.37. The molecule has 21 heavy (non-hydrogen) atoms. The zero-order valence-electron chi connectivity index (χ0n) is 13.6. The summed E-state index contributed by atoms with van der Waals surface area (Å²) in [7, 11) is 1.81. The third-order valence-corrected chi connectivity index (χ3v) is 3.30. The molecule has 1 unspecified atom stereocenters. The molecule has 1 rings (SSSR count). The first-order valence-corrected chi connectivity index (χ1v) is 7.37. The van der Waals surface area contributed by atoms with Crippen molar-refractivity contribution >= 4 is 11.8 Å². The Morgan fingerprint density at radius 2 is 1.76 bits per heavy atom. The molecule has 0 spiro atoms. The Bertz CT molecular complexity index is 480. The van der Waals surface area contributed by atoms with Crippen LogP contribution in [0.1, 0.15) is 44.4 Å². The first kappa shape index (κ1) is 17.2. The smallest absolute Gasteiger partial charge is 0.224 e. The van der Waals surface area contributed by atoms with Crippen molar-refractivity contribution in [2.24, 2.45) is 5.92 Å². The van der Waals surface area contributed by atoms with Crippen molar-refractivity contribution in [3.63, 3.8) is 0 Å². The quantitative estimate of drug-likeness (QED) is 0.875. The minimum atomic E-state index is -0.273. The van der Waals surface area contributed by atoms with Gasteiger partial charge in [-0.2, -0.15) is 0 Å². The Morgan fingerprint density at radius 1 is 1.19 bits per heavy atom. The van der Waals surface area contributed by atoms with E-state index in [-0.39, 0.29) is 24.3 Å². The normalized spacial score (nSPS) is 12.1. The fraction of sp³-hybridized carbons (Fsp3) is 0.529. The van der Waals surface area contributed by atoms with Gasteiger partial charge in [0.25, 0.3) is 0 Å². The van der Waals surface area contributed by atoms with E-state index in [4.69, 9.17) is 0 Å². The molecule has 0 radical (unpaired) electrons. The number of benzene rings is 1. The molecule has 0 fully saturated rings. The van der Waals surface area contributed by atoms with Crippen LogP contribution in [0.25, 0.3) is 0 Å². The van der Waals surface area contributed by atoms with E-state index in [1.807, 2.05) is 38.2 Å². The Labute approximate surface area is 127 Å². The van der Waals surface area contributed by atoms with E-state index in [2.05, 4.69) is 19.2 Å². The standard InChI is InChI=1S/C17H26N2O2/c1-12(2)11-19(5)17(21)10-16(18-14(4)20)15-8-6-13(3)7-9-15/h6-9,12,16H,10-11H2,1-5H3,(H,18,20). The summed E-state index contributed by atoms with van der Waals surface area (Å²) in [5.74, 6) is 0.348. The molecule has 0 saturated carbocycles. The summed E-state index contributed by atoms with van der Waals surface area (Å²) in [6.07, 6.45) is 0.284. The Kier molecular flexibility index (Phi) is 6.40. The third-order valence-electron chi connectivity index (χ3n) is 3.30. The van der Waals surface area contributed by atoms with Crippen LogP contribution in [0.3, 0.4) is 0 Å². The van der Waals surface area contributed by atoms with Crippen molar-refractivity contribution in [2.45, 2.75) is 40.2 Å². The molecule has 1 aromatic carbocycles. The minimum Gasteiger partial charge on any atom is -0.349 e. The zero-order chi connectivity index (χ0) is 16.0. The van der Waals surface area contributed by atoms with Crippen LogP contribution >= 0.6 is 0 Å². The predicted octanol–water partition coefficient (Wildman–Crippen LogP) is 2.68. The molecular weight excluding hydrogens is 264 g/mol. The Balaban J connectivity index is 2.81. The van der Waals surface area contributed by atoms with Gasteiger partial charge in [-0.3, -0.25) is 9.59 Å². The lowest BCUT2D eigenvalue weighted by Crippen LogP contribution is -2.35. The van der Waals surface area contributed by atoms with Gasteiger partial charge in [0.15, 0.2) is 0 Å². The second-order valence-corrected chi connectivity index (χ2v) is 6.04. The molecule has 1 atom stereocenters. The van der Waals surface area contributed by atoms with Gasteiger partial charge in [-0.1, -0.05) is 43.7 Å². The van der Waals surface area contributed by atoms with E-state index in [1.54, 1.807) is 4.90 Å². The van der Waals surface area contributed by atoms with Gasteiger partial charge in [-0.25, -0.2) is 0 Å². The topological polar surface area (TPSA) is 49.4 Å². The summed E-state index contributed by atoms with van der Waals surface area (Å²) < 4.78 is 0. The first-order valence-electron chi connectivity index (χ1n) is 7.37. The van der Waals surface area contributed by atoms with Crippen molar-refractivity contribution in [3.8, 4) is 0 Å². The van der Waals surface area contributed by atoms with Crippen LogP contribution in [0.5, 0.6) is 0 Å². The second-order valence-electron chi connectivity index (χ2n) is 6.04. The van der Waals surface area contributed by atoms with Gasteiger partial charge in [0, 0.05) is 20.5 Å². The first-order chi connectivity index (χ1) is 9.79. The molecular formula is C17H26N2O2. The second kappa shape index (κ2) is 7.81. The number of nitrogens with zero attached hydrogens (tertiary/aromatic N) is 1. The van der Waals surface area contributed by atoms with Crippen molar-refractivity contribution in [2.75, 3.05) is 13.6 Å². The predicted molar refractivity (Wildman–Crippen MR) is 84.8 cm³/mol. The average Bonchev–Trinajstić information content (AvgIpc) is 2.37. The number of carbonyl (C=O) groups is 2. The highest BCUT2D eigenvalue weighted by atomic mass is 16.2. The lowest BCUT2D eigenvalue weighted by molar-refractivity contribution is -0.131. The molecule has 0 bridgehead atoms. The SMILES string of the molecule is CC(=O)NC(CC(=O)N(C)CC(C)C)c1ccc(C)cc1. The summed E-state index contributed by atoms with van der Waals surface area (Å²) >= 11 is 0. The average molecular weight is 290 g/mol. The van der Waals surface area contributed by atoms with Crippen LogP contribution in [-0.4, -0.2) is 30.3 Å². The third kappa shape index (κ3) is 5.98. The number of hydrogen-bond donors (Lipinski definition) is 1. The molecule has 2 amide bonds. The van der Waals surface area contributed by atoms with Crippen LogP contribution in [0.4, 0.5) is 0 Å². The molecule has 0 aliphatic carbocycles. The Morgan fingerprint density at radius 3 is 2.24 bits per heavy atom. The summed E-state index contributed by atoms with van der Waals surface area (Å²) in [4.78, 5) is 25.4. The highest BCUT2D eigenvalue weighted by Crippen LogP contribution is 2.19. The molecule has 0 aliphatic rings. The maximum atomic E-state index is 12.3. The lowest BCUT2D eigenvalue weighted by atomic mass is 10.0. The van der Waals surface area contributed by atoms with E-state index in [9.17, 15) is 9.59 Å². The minimum absolute atomic E-state index is 0.0445. The van der Waals surface area contributed by atoms with Crippen LogP contribution in [0.15, 0.2) is 24.3 Å². The maximum absolute atomic E-state index is 12.3. The summed E-state index contributed by atoms with van der Waals surface area (Å²) in [5.41, 5.74) is 2.12. The molecule has 0 saturated heterocycles. The van der Waals surface area contributed by atoms with E-state index in [0.29, 0.717) is 5.92 Å². The molecule has 4 heteroatoms. The van der Waals surface area contributed by atoms with Gasteiger partial charge in [-0.05, 0) is 18.4 Å². The molecule has 116 valence electrons. The summed E-state index contributed by atoms with van der Waals surface area (Å²) in [5, 5.41) is 2.87. The Hall–Kier alpha value is -1.84. The fourth-order valence-corrected chi connectivity index (χ4v) is 2.28. The van der Waals surface area contributed by atoms with Crippen molar-refractivity contribution in [1.29, 1.82) is 0 Å². The van der Waals surface area contributed by atoms with Crippen LogP contribution in [0, 0.1) is 12.8 Å². The molecule has 0 aliphatic heterocycles. The van der Waals surface area contributed by atoms with Crippen molar-refractivity contribution in [3.05, 3.63) is 35.4 Å².